The van der Waals surface area contributed by atoms with E-state index in [1.165, 1.54) is 55.5 Å². The second-order valence-electron chi connectivity index (χ2n) is 6.26. The van der Waals surface area contributed by atoms with Crippen LogP contribution in [0.4, 0.5) is 0 Å². The van der Waals surface area contributed by atoms with Crippen LogP contribution < -0.4 is 0 Å². The van der Waals surface area contributed by atoms with Crippen molar-refractivity contribution in [3.63, 3.8) is 0 Å². The molecule has 0 bridgehead atoms. The molecule has 2 heterocycles. The molecule has 0 spiro atoms. The van der Waals surface area contributed by atoms with Gasteiger partial charge in [-0.25, -0.2) is 0 Å². The molecule has 0 amide bonds. The third kappa shape index (κ3) is 3.69. The monoisotopic (exact) mass is 303 g/mol. The van der Waals surface area contributed by atoms with Crippen LogP contribution in [0.5, 0.6) is 0 Å². The Morgan fingerprint density at radius 2 is 2.10 bits per heavy atom. The lowest BCUT2D eigenvalue weighted by Crippen LogP contribution is -2.34. The fourth-order valence-corrected chi connectivity index (χ4v) is 4.75. The normalized spacial score (nSPS) is 23.4. The van der Waals surface area contributed by atoms with Gasteiger partial charge in [0.25, 0.3) is 0 Å². The number of hydrogen-bond donors (Lipinski definition) is 1. The van der Waals surface area contributed by atoms with E-state index in [9.17, 15) is 0 Å². The van der Waals surface area contributed by atoms with E-state index in [2.05, 4.69) is 28.2 Å². The average molecular weight is 303 g/mol. The lowest BCUT2D eigenvalue weighted by atomic mass is 9.96. The number of likely N-dealkylation sites (tertiary alicyclic amines) is 1. The maximum absolute atomic E-state index is 8.84. The highest BCUT2D eigenvalue weighted by atomic mass is 32.1. The van der Waals surface area contributed by atoms with Gasteiger partial charge < -0.3 is 5.11 Å². The molecule has 2 nitrogen and oxygen atoms in total. The van der Waals surface area contributed by atoms with Gasteiger partial charge in [0.15, 0.2) is 0 Å². The van der Waals surface area contributed by atoms with Crippen LogP contribution in [0, 0.1) is 17.8 Å². The molecule has 114 valence electrons. The van der Waals surface area contributed by atoms with Crippen LogP contribution in [-0.4, -0.2) is 29.2 Å². The van der Waals surface area contributed by atoms with Gasteiger partial charge >= 0.3 is 0 Å². The summed E-state index contributed by atoms with van der Waals surface area (Å²) in [7, 11) is 0. The van der Waals surface area contributed by atoms with Gasteiger partial charge in [0, 0.05) is 29.4 Å². The van der Waals surface area contributed by atoms with Crippen LogP contribution in [0.3, 0.4) is 0 Å². The zero-order valence-corrected chi connectivity index (χ0v) is 13.5. The average Bonchev–Trinajstić information content (AvgIpc) is 3.21. The topological polar surface area (TPSA) is 23.5 Å². The number of nitrogens with zero attached hydrogens (tertiary/aromatic N) is 1. The molecule has 2 fully saturated rings. The zero-order chi connectivity index (χ0) is 14.5. The molecule has 1 unspecified atom stereocenters. The lowest BCUT2D eigenvalue weighted by Gasteiger charge is -2.29. The first kappa shape index (κ1) is 15.1. The van der Waals surface area contributed by atoms with Gasteiger partial charge in [-0.2, -0.15) is 0 Å². The molecule has 1 atom stereocenters. The van der Waals surface area contributed by atoms with E-state index >= 15 is 0 Å². The molecule has 0 aromatic carbocycles. The highest BCUT2D eigenvalue weighted by molar-refractivity contribution is 7.10. The van der Waals surface area contributed by atoms with E-state index in [0.29, 0.717) is 6.42 Å². The summed E-state index contributed by atoms with van der Waals surface area (Å²) in [6.45, 7) is 2.48. The van der Waals surface area contributed by atoms with E-state index < -0.39 is 0 Å². The van der Waals surface area contributed by atoms with E-state index in [-0.39, 0.29) is 6.61 Å². The van der Waals surface area contributed by atoms with Crippen molar-refractivity contribution in [1.82, 2.24) is 4.90 Å². The Labute approximate surface area is 132 Å². The zero-order valence-electron chi connectivity index (χ0n) is 12.7. The van der Waals surface area contributed by atoms with Gasteiger partial charge in [0.1, 0.15) is 0 Å². The molecule has 1 saturated heterocycles. The molecule has 3 heteroatoms. The summed E-state index contributed by atoms with van der Waals surface area (Å²) in [6, 6.07) is 2.94. The maximum Gasteiger partial charge on any atom is 0.0540 e. The van der Waals surface area contributed by atoms with Crippen LogP contribution in [-0.2, 0) is 6.54 Å². The van der Waals surface area contributed by atoms with Crippen molar-refractivity contribution in [3.05, 3.63) is 21.9 Å². The molecule has 1 saturated carbocycles. The molecule has 1 aromatic heterocycles. The molecule has 1 aliphatic carbocycles. The maximum atomic E-state index is 8.84. The van der Waals surface area contributed by atoms with Gasteiger partial charge in [-0.3, -0.25) is 4.90 Å². The Morgan fingerprint density at radius 1 is 1.24 bits per heavy atom. The first-order valence-electron chi connectivity index (χ1n) is 8.28. The van der Waals surface area contributed by atoms with Crippen LogP contribution >= 0.6 is 11.3 Å². The third-order valence-corrected chi connectivity index (χ3v) is 5.82. The Balaban J connectivity index is 1.66. The number of thiophene rings is 1. The summed E-state index contributed by atoms with van der Waals surface area (Å²) in [5.41, 5.74) is 1.17. The standard InChI is InChI=1S/C18H25NOS/c20-12-4-3-8-16-10-13-21-18(16)14-19-11-5-9-17(19)15-6-1-2-7-15/h10,13,15,17,20H,1-2,4-7,9,11-12,14H2. The van der Waals surface area contributed by atoms with Crippen molar-refractivity contribution in [1.29, 1.82) is 0 Å². The quantitative estimate of drug-likeness (QED) is 0.859. The molecular formula is C18H25NOS. The predicted molar refractivity (Wildman–Crippen MR) is 88.3 cm³/mol. The van der Waals surface area contributed by atoms with Gasteiger partial charge in [-0.05, 0) is 49.6 Å². The number of aliphatic hydroxyl groups excluding tert-OH is 1. The predicted octanol–water partition coefficient (Wildman–Crippen LogP) is 3.64. The summed E-state index contributed by atoms with van der Waals surface area (Å²) in [4.78, 5) is 4.12. The second kappa shape index (κ2) is 7.45. The van der Waals surface area contributed by atoms with Gasteiger partial charge in [-0.1, -0.05) is 24.7 Å². The van der Waals surface area contributed by atoms with E-state index in [1.54, 1.807) is 0 Å². The SMILES string of the molecule is OCCC#Cc1ccsc1CN1CCCC1C1CCCC1. The molecule has 3 rings (SSSR count). The Kier molecular flexibility index (Phi) is 5.35. The fourth-order valence-electron chi connectivity index (χ4n) is 3.90. The van der Waals surface area contributed by atoms with Crippen molar-refractivity contribution in [2.24, 2.45) is 5.92 Å². The summed E-state index contributed by atoms with van der Waals surface area (Å²) in [5.74, 6) is 7.22. The number of aliphatic hydroxyl groups is 1. The smallest absolute Gasteiger partial charge is 0.0540 e. The molecule has 2 aliphatic rings. The van der Waals surface area contributed by atoms with Crippen molar-refractivity contribution >= 4 is 11.3 Å². The Bertz CT molecular complexity index is 507. The first-order chi connectivity index (χ1) is 10.4. The summed E-state index contributed by atoms with van der Waals surface area (Å²) in [5, 5.41) is 11.0. The molecular weight excluding hydrogens is 278 g/mol. The lowest BCUT2D eigenvalue weighted by molar-refractivity contribution is 0.184. The highest BCUT2D eigenvalue weighted by Crippen LogP contribution is 2.36. The number of hydrogen-bond acceptors (Lipinski definition) is 3. The Hall–Kier alpha value is -0.820. The van der Waals surface area contributed by atoms with Crippen molar-refractivity contribution in [2.75, 3.05) is 13.2 Å². The fraction of sp³-hybridized carbons (Fsp3) is 0.667. The van der Waals surface area contributed by atoms with E-state index in [1.807, 2.05) is 11.3 Å². The van der Waals surface area contributed by atoms with Crippen LogP contribution in [0.1, 0.15) is 55.4 Å². The molecule has 1 aromatic rings. The van der Waals surface area contributed by atoms with Crippen molar-refractivity contribution in [3.8, 4) is 11.8 Å². The first-order valence-corrected chi connectivity index (χ1v) is 9.16. The van der Waals surface area contributed by atoms with Crippen LogP contribution in [0.25, 0.3) is 0 Å². The van der Waals surface area contributed by atoms with Gasteiger partial charge in [0.05, 0.1) is 6.61 Å². The van der Waals surface area contributed by atoms with Crippen molar-refractivity contribution in [2.45, 2.75) is 57.5 Å². The largest absolute Gasteiger partial charge is 0.395 e. The Morgan fingerprint density at radius 3 is 2.90 bits per heavy atom. The van der Waals surface area contributed by atoms with Crippen molar-refractivity contribution < 1.29 is 5.11 Å². The third-order valence-electron chi connectivity index (χ3n) is 4.91. The molecule has 21 heavy (non-hydrogen) atoms. The molecule has 1 N–H and O–H groups in total. The highest BCUT2D eigenvalue weighted by Gasteiger charge is 2.33. The van der Waals surface area contributed by atoms with Gasteiger partial charge in [-0.15, -0.1) is 11.3 Å². The van der Waals surface area contributed by atoms with E-state index in [4.69, 9.17) is 5.11 Å². The second-order valence-corrected chi connectivity index (χ2v) is 7.26. The molecule has 0 radical (unpaired) electrons. The van der Waals surface area contributed by atoms with Gasteiger partial charge in [0.2, 0.25) is 0 Å². The van der Waals surface area contributed by atoms with Crippen LogP contribution in [0.2, 0.25) is 0 Å². The number of rotatable bonds is 4. The summed E-state index contributed by atoms with van der Waals surface area (Å²) in [6.07, 6.45) is 9.07. The van der Waals surface area contributed by atoms with E-state index in [0.717, 1.165) is 18.5 Å². The minimum Gasteiger partial charge on any atom is -0.395 e. The summed E-state index contributed by atoms with van der Waals surface area (Å²) < 4.78 is 0. The van der Waals surface area contributed by atoms with Crippen LogP contribution in [0.15, 0.2) is 11.4 Å². The molecule has 1 aliphatic heterocycles. The minimum absolute atomic E-state index is 0.155. The summed E-state index contributed by atoms with van der Waals surface area (Å²) >= 11 is 1.83. The minimum atomic E-state index is 0.155.